The van der Waals surface area contributed by atoms with Crippen LogP contribution in [0.1, 0.15) is 92.9 Å². The molecule has 7 nitrogen and oxygen atoms in total. The molecule has 0 bridgehead atoms. The molecule has 0 aromatic rings. The molecule has 9 heteroatoms. The molecule has 0 amide bonds. The number of hydrogen-bond donors (Lipinski definition) is 3. The third kappa shape index (κ3) is 7.26. The second kappa shape index (κ2) is 11.4. The van der Waals surface area contributed by atoms with Crippen LogP contribution in [0.2, 0.25) is 36.3 Å². The Morgan fingerprint density at radius 2 is 1.05 bits per heavy atom. The summed E-state index contributed by atoms with van der Waals surface area (Å²) in [4.78, 5) is 25.1. The quantitative estimate of drug-likeness (QED) is 0.271. The van der Waals surface area contributed by atoms with Gasteiger partial charge in [0.1, 0.15) is 0 Å². The third-order valence-electron chi connectivity index (χ3n) is 10.1. The van der Waals surface area contributed by atoms with Crippen molar-refractivity contribution in [2.45, 2.75) is 147 Å². The lowest BCUT2D eigenvalue weighted by Crippen LogP contribution is -2.58. The van der Waals surface area contributed by atoms with Crippen molar-refractivity contribution in [1.82, 2.24) is 0 Å². The first-order chi connectivity index (χ1) is 16.6. The highest BCUT2D eigenvalue weighted by molar-refractivity contribution is 6.74. The van der Waals surface area contributed by atoms with Crippen LogP contribution >= 0.6 is 0 Å². The minimum Gasteiger partial charge on any atom is -0.481 e. The van der Waals surface area contributed by atoms with E-state index in [4.69, 9.17) is 8.85 Å². The molecule has 0 aromatic carbocycles. The van der Waals surface area contributed by atoms with E-state index in [0.717, 1.165) is 0 Å². The summed E-state index contributed by atoms with van der Waals surface area (Å²) >= 11 is 0. The summed E-state index contributed by atoms with van der Waals surface area (Å²) < 4.78 is 13.1. The van der Waals surface area contributed by atoms with E-state index in [1.54, 1.807) is 0 Å². The molecule has 2 saturated carbocycles. The number of carbonyl (C=O) groups is 2. The van der Waals surface area contributed by atoms with Crippen molar-refractivity contribution in [3.8, 4) is 0 Å². The number of aliphatic carboxylic acids is 2. The van der Waals surface area contributed by atoms with Crippen molar-refractivity contribution in [3.63, 3.8) is 0 Å². The molecule has 2 atom stereocenters. The summed E-state index contributed by atoms with van der Waals surface area (Å²) in [5, 5.41) is 32.3. The summed E-state index contributed by atoms with van der Waals surface area (Å²) in [6.45, 7) is 22.0. The Bertz CT molecular complexity index is 798. The van der Waals surface area contributed by atoms with Gasteiger partial charge in [-0.05, 0) is 99.5 Å². The van der Waals surface area contributed by atoms with Gasteiger partial charge in [0, 0.05) is 12.2 Å². The van der Waals surface area contributed by atoms with Crippen LogP contribution in [0.25, 0.3) is 0 Å². The van der Waals surface area contributed by atoms with E-state index in [9.17, 15) is 24.9 Å². The molecule has 2 rings (SSSR count). The zero-order valence-electron chi connectivity index (χ0n) is 25.0. The molecule has 2 fully saturated rings. The van der Waals surface area contributed by atoms with Crippen LogP contribution in [-0.4, -0.2) is 61.7 Å². The van der Waals surface area contributed by atoms with E-state index in [1.165, 1.54) is 0 Å². The highest BCUT2D eigenvalue weighted by Crippen LogP contribution is 2.47. The molecule has 0 aromatic heterocycles. The van der Waals surface area contributed by atoms with Gasteiger partial charge >= 0.3 is 11.9 Å². The summed E-state index contributed by atoms with van der Waals surface area (Å²) in [7, 11) is -3.92. The van der Waals surface area contributed by atoms with Gasteiger partial charge < -0.3 is 24.2 Å². The Labute approximate surface area is 227 Å². The lowest BCUT2D eigenvalue weighted by molar-refractivity contribution is -0.191. The number of hydrogen-bond acceptors (Lipinski definition) is 5. The fourth-order valence-electron chi connectivity index (χ4n) is 5.66. The lowest BCUT2D eigenvalue weighted by Gasteiger charge is -2.46. The molecule has 3 N–H and O–H groups in total. The summed E-state index contributed by atoms with van der Waals surface area (Å²) in [5.41, 5.74) is -2.29. The van der Waals surface area contributed by atoms with Gasteiger partial charge in [-0.25, -0.2) is 4.79 Å². The zero-order valence-corrected chi connectivity index (χ0v) is 27.0. The first-order valence-electron chi connectivity index (χ1n) is 14.2. The molecule has 0 spiro atoms. The Morgan fingerprint density at radius 1 is 0.703 bits per heavy atom. The third-order valence-corrected chi connectivity index (χ3v) is 19.2. The molecule has 37 heavy (non-hydrogen) atoms. The number of aliphatic hydroxyl groups is 1. The van der Waals surface area contributed by atoms with Gasteiger partial charge in [-0.15, -0.1) is 0 Å². The maximum atomic E-state index is 12.6. The first kappa shape index (κ1) is 32.5. The van der Waals surface area contributed by atoms with E-state index < -0.39 is 46.0 Å². The van der Waals surface area contributed by atoms with Gasteiger partial charge in [0.25, 0.3) is 0 Å². The van der Waals surface area contributed by atoms with Gasteiger partial charge in [-0.2, -0.15) is 0 Å². The molecule has 0 heterocycles. The average molecular weight is 559 g/mol. The molecule has 216 valence electrons. The smallest absolute Gasteiger partial charge is 0.336 e. The predicted molar refractivity (Wildman–Crippen MR) is 152 cm³/mol. The van der Waals surface area contributed by atoms with Crippen LogP contribution in [0.3, 0.4) is 0 Å². The van der Waals surface area contributed by atoms with Crippen LogP contribution in [0.4, 0.5) is 0 Å². The normalized spacial score (nSPS) is 28.8. The Hall–Kier alpha value is -0.746. The Morgan fingerprint density at radius 3 is 1.35 bits per heavy atom. The van der Waals surface area contributed by atoms with E-state index in [0.29, 0.717) is 51.4 Å². The molecule has 2 aliphatic carbocycles. The Balaban J connectivity index is 2.13. The van der Waals surface area contributed by atoms with Gasteiger partial charge in [-0.3, -0.25) is 4.79 Å². The molecular formula is C28H54O7Si2. The van der Waals surface area contributed by atoms with Crippen molar-refractivity contribution in [3.05, 3.63) is 0 Å². The average Bonchev–Trinajstić information content (AvgIpc) is 2.73. The van der Waals surface area contributed by atoms with Crippen molar-refractivity contribution < 1.29 is 33.8 Å². The molecule has 0 aliphatic heterocycles. The summed E-state index contributed by atoms with van der Waals surface area (Å²) in [5.74, 6) is -4.95. The van der Waals surface area contributed by atoms with E-state index >= 15 is 0 Å². The second-order valence-corrected chi connectivity index (χ2v) is 24.2. The van der Waals surface area contributed by atoms with Crippen LogP contribution in [-0.2, 0) is 18.4 Å². The topological polar surface area (TPSA) is 113 Å². The minimum absolute atomic E-state index is 0.0291. The fraction of sp³-hybridized carbons (Fsp3) is 0.929. The molecule has 2 aliphatic rings. The minimum atomic E-state index is -2.29. The monoisotopic (exact) mass is 558 g/mol. The highest BCUT2D eigenvalue weighted by atomic mass is 28.4. The largest absolute Gasteiger partial charge is 0.481 e. The van der Waals surface area contributed by atoms with E-state index in [2.05, 4.69) is 67.7 Å². The van der Waals surface area contributed by atoms with Crippen LogP contribution < -0.4 is 0 Å². The predicted octanol–water partition coefficient (Wildman–Crippen LogP) is 6.66. The van der Waals surface area contributed by atoms with Crippen LogP contribution in [0.15, 0.2) is 0 Å². The van der Waals surface area contributed by atoms with E-state index in [1.807, 2.05) is 0 Å². The highest BCUT2D eigenvalue weighted by Gasteiger charge is 2.57. The summed E-state index contributed by atoms with van der Waals surface area (Å²) in [6.07, 6.45) is 4.79. The standard InChI is InChI=1S/C28H54O7Si2/c1-26(2,3)36(7,8)34-21-15-11-19(12-16-21)23(24(29)30)28(33,25(31)32)20-13-17-22(18-14-20)35-37(9,10)27(4,5)6/h19-23,33H,11-18H2,1-10H3,(H,29,30)(H,31,32)/t19-,20-,21+,22+,23?,28?. The second-order valence-electron chi connectivity index (χ2n) is 14.7. The van der Waals surface area contributed by atoms with Crippen molar-refractivity contribution in [1.29, 1.82) is 0 Å². The first-order valence-corrected chi connectivity index (χ1v) is 20.0. The zero-order chi connectivity index (χ0) is 28.6. The summed E-state index contributed by atoms with van der Waals surface area (Å²) in [6, 6.07) is 0. The van der Waals surface area contributed by atoms with Crippen molar-refractivity contribution >= 4 is 28.6 Å². The lowest BCUT2D eigenvalue weighted by atomic mass is 9.63. The number of rotatable bonds is 9. The van der Waals surface area contributed by atoms with Crippen LogP contribution in [0, 0.1) is 17.8 Å². The van der Waals surface area contributed by atoms with Crippen LogP contribution in [0.5, 0.6) is 0 Å². The maximum Gasteiger partial charge on any atom is 0.336 e. The molecular weight excluding hydrogens is 504 g/mol. The molecule has 0 saturated heterocycles. The van der Waals surface area contributed by atoms with Gasteiger partial charge in [0.2, 0.25) is 0 Å². The van der Waals surface area contributed by atoms with Crippen molar-refractivity contribution in [2.24, 2.45) is 17.8 Å². The fourth-order valence-corrected chi connectivity index (χ4v) is 8.50. The molecule has 0 radical (unpaired) electrons. The van der Waals surface area contributed by atoms with Gasteiger partial charge in [0.05, 0.1) is 5.92 Å². The van der Waals surface area contributed by atoms with Crippen molar-refractivity contribution in [2.75, 3.05) is 0 Å². The van der Waals surface area contributed by atoms with Gasteiger partial charge in [-0.1, -0.05) is 41.5 Å². The van der Waals surface area contributed by atoms with E-state index in [-0.39, 0.29) is 28.2 Å². The number of carboxylic acid groups (broad SMARTS) is 2. The maximum absolute atomic E-state index is 12.6. The molecule has 2 unspecified atom stereocenters. The Kier molecular flexibility index (Phi) is 10.00. The van der Waals surface area contributed by atoms with Gasteiger partial charge in [0.15, 0.2) is 22.2 Å². The number of carboxylic acids is 2. The SMILES string of the molecule is CC(C)(C)[Si](C)(C)O[C@H]1CC[C@@H](C(C(=O)O)C(O)(C(=O)O)[C@H]2CC[C@@H](O[Si](C)(C)C(C)(C)C)CC2)CC1.